The maximum atomic E-state index is 12.4. The molecule has 21 heavy (non-hydrogen) atoms. The Balaban J connectivity index is 1.75. The van der Waals surface area contributed by atoms with Crippen LogP contribution in [-0.2, 0) is 10.0 Å². The highest BCUT2D eigenvalue weighted by Crippen LogP contribution is 2.38. The summed E-state index contributed by atoms with van der Waals surface area (Å²) in [4.78, 5) is 0.374. The van der Waals surface area contributed by atoms with Gasteiger partial charge in [0.15, 0.2) is 0 Å². The van der Waals surface area contributed by atoms with Crippen LogP contribution >= 0.6 is 0 Å². The number of hydrogen-bond acceptors (Lipinski definition) is 3. The van der Waals surface area contributed by atoms with Gasteiger partial charge in [-0.3, -0.25) is 0 Å². The van der Waals surface area contributed by atoms with Crippen molar-refractivity contribution in [3.8, 4) is 0 Å². The van der Waals surface area contributed by atoms with Gasteiger partial charge in [0, 0.05) is 12.6 Å². The summed E-state index contributed by atoms with van der Waals surface area (Å²) >= 11 is 0. The second-order valence-corrected chi connectivity index (χ2v) is 8.45. The molecule has 0 bridgehead atoms. The third-order valence-electron chi connectivity index (χ3n) is 4.59. The summed E-state index contributed by atoms with van der Waals surface area (Å²) in [5, 5.41) is 3.38. The molecule has 0 radical (unpaired) electrons. The minimum Gasteiger partial charge on any atom is -0.383 e. The van der Waals surface area contributed by atoms with E-state index in [1.165, 1.54) is 25.7 Å². The number of hydrogen-bond donors (Lipinski definition) is 2. The summed E-state index contributed by atoms with van der Waals surface area (Å²) < 4.78 is 27.6. The van der Waals surface area contributed by atoms with Gasteiger partial charge in [-0.05, 0) is 43.2 Å². The molecular formula is C16H24N2O2S. The first kappa shape index (κ1) is 14.9. The van der Waals surface area contributed by atoms with Gasteiger partial charge in [-0.1, -0.05) is 31.9 Å². The zero-order valence-electron chi connectivity index (χ0n) is 12.6. The Morgan fingerprint density at radius 2 is 1.86 bits per heavy atom. The van der Waals surface area contributed by atoms with E-state index in [1.807, 2.05) is 12.1 Å². The molecule has 0 aromatic heterocycles. The monoisotopic (exact) mass is 308 g/mol. The number of rotatable bonds is 6. The maximum Gasteiger partial charge on any atom is 0.242 e. The molecule has 0 saturated heterocycles. The molecule has 0 heterocycles. The zero-order chi connectivity index (χ0) is 14.9. The predicted octanol–water partition coefficient (Wildman–Crippen LogP) is 3.12. The molecule has 0 spiro atoms. The van der Waals surface area contributed by atoms with Crippen LogP contribution in [0, 0.1) is 5.41 Å². The standard InChI is InChI=1S/C16H24N2O2S/c1-16(10-4-5-11-16)12-17-14-6-2-3-7-15(14)21(19,20)18-13-8-9-13/h2-3,6-7,13,17-18H,4-5,8-12H2,1H3. The van der Waals surface area contributed by atoms with Crippen LogP contribution in [0.4, 0.5) is 5.69 Å². The van der Waals surface area contributed by atoms with E-state index in [4.69, 9.17) is 0 Å². The molecule has 2 N–H and O–H groups in total. The molecule has 2 aliphatic rings. The normalized spacial score (nSPS) is 21.4. The van der Waals surface area contributed by atoms with Crippen LogP contribution < -0.4 is 10.0 Å². The molecule has 3 rings (SSSR count). The zero-order valence-corrected chi connectivity index (χ0v) is 13.4. The van der Waals surface area contributed by atoms with Crippen molar-refractivity contribution < 1.29 is 8.42 Å². The second kappa shape index (κ2) is 5.61. The van der Waals surface area contributed by atoms with Crippen molar-refractivity contribution in [2.24, 2.45) is 5.41 Å². The van der Waals surface area contributed by atoms with Crippen molar-refractivity contribution in [3.63, 3.8) is 0 Å². The number of benzene rings is 1. The van der Waals surface area contributed by atoms with Crippen molar-refractivity contribution in [3.05, 3.63) is 24.3 Å². The van der Waals surface area contributed by atoms with Crippen LogP contribution in [0.3, 0.4) is 0 Å². The lowest BCUT2D eigenvalue weighted by molar-refractivity contribution is 0.362. The molecular weight excluding hydrogens is 284 g/mol. The van der Waals surface area contributed by atoms with Crippen molar-refractivity contribution in [1.82, 2.24) is 4.72 Å². The van der Waals surface area contributed by atoms with Crippen LogP contribution in [0.15, 0.2) is 29.2 Å². The predicted molar refractivity (Wildman–Crippen MR) is 84.9 cm³/mol. The first-order chi connectivity index (χ1) is 9.99. The van der Waals surface area contributed by atoms with Gasteiger partial charge in [0.1, 0.15) is 4.90 Å². The van der Waals surface area contributed by atoms with Gasteiger partial charge >= 0.3 is 0 Å². The Labute approximate surface area is 127 Å². The Bertz CT molecular complexity index is 602. The Hall–Kier alpha value is -1.07. The molecule has 1 aromatic carbocycles. The molecule has 0 unspecified atom stereocenters. The first-order valence-corrected chi connectivity index (χ1v) is 9.32. The van der Waals surface area contributed by atoms with E-state index in [2.05, 4.69) is 17.0 Å². The highest BCUT2D eigenvalue weighted by Gasteiger charge is 2.31. The van der Waals surface area contributed by atoms with Crippen LogP contribution in [0.25, 0.3) is 0 Å². The van der Waals surface area contributed by atoms with E-state index >= 15 is 0 Å². The molecule has 0 aliphatic heterocycles. The maximum absolute atomic E-state index is 12.4. The lowest BCUT2D eigenvalue weighted by atomic mass is 9.89. The Kier molecular flexibility index (Phi) is 3.97. The summed E-state index contributed by atoms with van der Waals surface area (Å²) in [5.74, 6) is 0. The summed E-state index contributed by atoms with van der Waals surface area (Å²) in [6.07, 6.45) is 6.90. The molecule has 4 nitrogen and oxygen atoms in total. The van der Waals surface area contributed by atoms with Gasteiger partial charge in [-0.2, -0.15) is 0 Å². The van der Waals surface area contributed by atoms with E-state index in [0.717, 1.165) is 25.1 Å². The fourth-order valence-corrected chi connectivity index (χ4v) is 4.53. The third kappa shape index (κ3) is 3.58. The molecule has 0 amide bonds. The minimum absolute atomic E-state index is 0.135. The van der Waals surface area contributed by atoms with Crippen molar-refractivity contribution in [2.45, 2.75) is 56.4 Å². The number of nitrogens with one attached hydrogen (secondary N) is 2. The lowest BCUT2D eigenvalue weighted by Gasteiger charge is -2.25. The Morgan fingerprint density at radius 3 is 2.52 bits per heavy atom. The topological polar surface area (TPSA) is 58.2 Å². The fraction of sp³-hybridized carbons (Fsp3) is 0.625. The minimum atomic E-state index is -3.41. The van der Waals surface area contributed by atoms with Gasteiger partial charge in [0.25, 0.3) is 0 Å². The first-order valence-electron chi connectivity index (χ1n) is 7.84. The van der Waals surface area contributed by atoms with Crippen LogP contribution in [0.2, 0.25) is 0 Å². The van der Waals surface area contributed by atoms with E-state index in [9.17, 15) is 8.42 Å². The number of para-hydroxylation sites is 1. The molecule has 2 aliphatic carbocycles. The van der Waals surface area contributed by atoms with Gasteiger partial charge in [-0.15, -0.1) is 0 Å². The van der Waals surface area contributed by atoms with E-state index in [1.54, 1.807) is 12.1 Å². The Morgan fingerprint density at radius 1 is 1.19 bits per heavy atom. The average molecular weight is 308 g/mol. The van der Waals surface area contributed by atoms with E-state index in [-0.39, 0.29) is 6.04 Å². The highest BCUT2D eigenvalue weighted by atomic mass is 32.2. The third-order valence-corrected chi connectivity index (χ3v) is 6.17. The summed E-state index contributed by atoms with van der Waals surface area (Å²) in [6, 6.07) is 7.35. The number of anilines is 1. The lowest BCUT2D eigenvalue weighted by Crippen LogP contribution is -2.28. The largest absolute Gasteiger partial charge is 0.383 e. The molecule has 2 fully saturated rings. The smallest absolute Gasteiger partial charge is 0.242 e. The van der Waals surface area contributed by atoms with Crippen molar-refractivity contribution in [1.29, 1.82) is 0 Å². The van der Waals surface area contributed by atoms with Gasteiger partial charge in [0.2, 0.25) is 10.0 Å². The fourth-order valence-electron chi connectivity index (χ4n) is 3.05. The van der Waals surface area contributed by atoms with Crippen LogP contribution in [-0.4, -0.2) is 21.0 Å². The van der Waals surface area contributed by atoms with Crippen molar-refractivity contribution >= 4 is 15.7 Å². The van der Waals surface area contributed by atoms with Crippen LogP contribution in [0.1, 0.15) is 45.4 Å². The van der Waals surface area contributed by atoms with E-state index < -0.39 is 10.0 Å². The molecule has 5 heteroatoms. The molecule has 2 saturated carbocycles. The SMILES string of the molecule is CC1(CNc2ccccc2S(=O)(=O)NC2CC2)CCCC1. The van der Waals surface area contributed by atoms with Crippen LogP contribution in [0.5, 0.6) is 0 Å². The summed E-state index contributed by atoms with van der Waals surface area (Å²) in [5.41, 5.74) is 1.01. The molecule has 1 aromatic rings. The highest BCUT2D eigenvalue weighted by molar-refractivity contribution is 7.89. The average Bonchev–Trinajstić information content (AvgIpc) is 3.15. The van der Waals surface area contributed by atoms with Gasteiger partial charge in [-0.25, -0.2) is 13.1 Å². The molecule has 0 atom stereocenters. The summed E-state index contributed by atoms with van der Waals surface area (Å²) in [7, 11) is -3.41. The second-order valence-electron chi connectivity index (χ2n) is 6.76. The number of sulfonamides is 1. The van der Waals surface area contributed by atoms with E-state index in [0.29, 0.717) is 10.3 Å². The summed E-state index contributed by atoms with van der Waals surface area (Å²) in [6.45, 7) is 3.12. The quantitative estimate of drug-likeness (QED) is 0.849. The van der Waals surface area contributed by atoms with Gasteiger partial charge < -0.3 is 5.32 Å². The van der Waals surface area contributed by atoms with Gasteiger partial charge in [0.05, 0.1) is 5.69 Å². The molecule has 116 valence electrons. The van der Waals surface area contributed by atoms with Crippen molar-refractivity contribution in [2.75, 3.05) is 11.9 Å².